The smallest absolute Gasteiger partial charge is 0.129 e. The average Bonchev–Trinajstić information content (AvgIpc) is 2.15. The molecule has 1 aromatic rings. The molecule has 0 aromatic heterocycles. The van der Waals surface area contributed by atoms with Gasteiger partial charge in [0.05, 0.1) is 12.1 Å². The Balaban J connectivity index is 0.00000196. The molecule has 86 valence electrons. The SMILES string of the molecule is CC[C@@H](O)[C@@H](N)c1ccc(Cl)cc1F.Cl. The molecule has 15 heavy (non-hydrogen) atoms. The molecular formula is C10H14Cl2FNO. The number of nitrogens with two attached hydrogens (primary N) is 1. The van der Waals surface area contributed by atoms with Gasteiger partial charge in [-0.25, -0.2) is 4.39 Å². The van der Waals surface area contributed by atoms with Gasteiger partial charge in [-0.1, -0.05) is 24.6 Å². The van der Waals surface area contributed by atoms with Crippen LogP contribution in [0, 0.1) is 5.82 Å². The Morgan fingerprint density at radius 2 is 2.13 bits per heavy atom. The Kier molecular flexibility index (Phi) is 6.13. The zero-order chi connectivity index (χ0) is 10.7. The number of hydrogen-bond acceptors (Lipinski definition) is 2. The number of aliphatic hydroxyl groups excluding tert-OH is 1. The fourth-order valence-corrected chi connectivity index (χ4v) is 1.39. The third-order valence-corrected chi connectivity index (χ3v) is 2.39. The first kappa shape index (κ1) is 14.6. The first-order chi connectivity index (χ1) is 6.56. The van der Waals surface area contributed by atoms with E-state index in [1.807, 2.05) is 0 Å². The second-order valence-corrected chi connectivity index (χ2v) is 3.60. The molecule has 0 saturated heterocycles. The van der Waals surface area contributed by atoms with Crippen molar-refractivity contribution in [2.45, 2.75) is 25.5 Å². The second-order valence-electron chi connectivity index (χ2n) is 3.17. The molecule has 1 rings (SSSR count). The highest BCUT2D eigenvalue weighted by atomic mass is 35.5. The van der Waals surface area contributed by atoms with Crippen molar-refractivity contribution in [1.29, 1.82) is 0 Å². The lowest BCUT2D eigenvalue weighted by Crippen LogP contribution is -2.26. The van der Waals surface area contributed by atoms with E-state index in [4.69, 9.17) is 17.3 Å². The van der Waals surface area contributed by atoms with Gasteiger partial charge < -0.3 is 10.8 Å². The maximum absolute atomic E-state index is 13.3. The molecule has 0 unspecified atom stereocenters. The van der Waals surface area contributed by atoms with Crippen LogP contribution in [0.3, 0.4) is 0 Å². The van der Waals surface area contributed by atoms with Crippen molar-refractivity contribution in [3.05, 3.63) is 34.6 Å². The van der Waals surface area contributed by atoms with Crippen molar-refractivity contribution >= 4 is 24.0 Å². The van der Waals surface area contributed by atoms with Crippen LogP contribution in [0.5, 0.6) is 0 Å². The lowest BCUT2D eigenvalue weighted by molar-refractivity contribution is 0.139. The largest absolute Gasteiger partial charge is 0.391 e. The van der Waals surface area contributed by atoms with Crippen LogP contribution in [0.15, 0.2) is 18.2 Å². The van der Waals surface area contributed by atoms with Gasteiger partial charge in [0.1, 0.15) is 5.82 Å². The van der Waals surface area contributed by atoms with Gasteiger partial charge in [0.2, 0.25) is 0 Å². The number of aliphatic hydroxyl groups is 1. The summed E-state index contributed by atoms with van der Waals surface area (Å²) >= 11 is 5.59. The van der Waals surface area contributed by atoms with Crippen molar-refractivity contribution in [2.24, 2.45) is 5.73 Å². The predicted octanol–water partition coefficient (Wildman–Crippen LogP) is 2.67. The maximum atomic E-state index is 13.3. The van der Waals surface area contributed by atoms with Gasteiger partial charge in [-0.15, -0.1) is 12.4 Å². The summed E-state index contributed by atoms with van der Waals surface area (Å²) in [5, 5.41) is 9.77. The van der Waals surface area contributed by atoms with Gasteiger partial charge in [-0.05, 0) is 18.6 Å². The molecule has 0 spiro atoms. The molecule has 0 heterocycles. The van der Waals surface area contributed by atoms with Crippen molar-refractivity contribution in [3.8, 4) is 0 Å². The molecule has 0 aliphatic carbocycles. The van der Waals surface area contributed by atoms with E-state index in [0.29, 0.717) is 17.0 Å². The zero-order valence-corrected chi connectivity index (χ0v) is 9.86. The average molecular weight is 254 g/mol. The third kappa shape index (κ3) is 3.61. The fraction of sp³-hybridized carbons (Fsp3) is 0.400. The van der Waals surface area contributed by atoms with Crippen LogP contribution < -0.4 is 5.73 Å². The summed E-state index contributed by atoms with van der Waals surface area (Å²) in [6.07, 6.45) is -0.242. The molecule has 0 bridgehead atoms. The highest BCUT2D eigenvalue weighted by Gasteiger charge is 2.18. The van der Waals surface area contributed by atoms with Crippen LogP contribution in [-0.4, -0.2) is 11.2 Å². The van der Waals surface area contributed by atoms with E-state index in [1.54, 1.807) is 13.0 Å². The van der Waals surface area contributed by atoms with Gasteiger partial charge in [0, 0.05) is 10.6 Å². The normalized spacial score (nSPS) is 14.2. The molecule has 2 atom stereocenters. The van der Waals surface area contributed by atoms with Crippen LogP contribution in [0.1, 0.15) is 24.9 Å². The standard InChI is InChI=1S/C10H13ClFNO.ClH/c1-2-9(14)10(13)7-4-3-6(11)5-8(7)12;/h3-5,9-10,14H,2,13H2,1H3;1H/t9-,10+;/m1./s1. The quantitative estimate of drug-likeness (QED) is 0.871. The molecule has 0 fully saturated rings. The van der Waals surface area contributed by atoms with Crippen LogP contribution in [0.25, 0.3) is 0 Å². The van der Waals surface area contributed by atoms with E-state index < -0.39 is 18.0 Å². The highest BCUT2D eigenvalue weighted by molar-refractivity contribution is 6.30. The number of halogens is 3. The molecular weight excluding hydrogens is 240 g/mol. The Labute approximate surface area is 99.6 Å². The molecule has 2 nitrogen and oxygen atoms in total. The summed E-state index contributed by atoms with van der Waals surface area (Å²) in [4.78, 5) is 0. The molecule has 0 amide bonds. The monoisotopic (exact) mass is 253 g/mol. The minimum atomic E-state index is -0.731. The van der Waals surface area contributed by atoms with E-state index >= 15 is 0 Å². The summed E-state index contributed by atoms with van der Waals surface area (Å²) in [6, 6.07) is 3.56. The topological polar surface area (TPSA) is 46.2 Å². The Hall–Kier alpha value is -0.350. The van der Waals surface area contributed by atoms with E-state index in [2.05, 4.69) is 0 Å². The predicted molar refractivity (Wildman–Crippen MR) is 61.9 cm³/mol. The first-order valence-electron chi connectivity index (χ1n) is 4.44. The van der Waals surface area contributed by atoms with Gasteiger partial charge in [0.15, 0.2) is 0 Å². The Morgan fingerprint density at radius 1 is 1.53 bits per heavy atom. The molecule has 3 N–H and O–H groups in total. The van der Waals surface area contributed by atoms with Crippen molar-refractivity contribution < 1.29 is 9.50 Å². The van der Waals surface area contributed by atoms with Crippen LogP contribution in [0.4, 0.5) is 4.39 Å². The first-order valence-corrected chi connectivity index (χ1v) is 4.82. The fourth-order valence-electron chi connectivity index (χ4n) is 1.23. The summed E-state index contributed by atoms with van der Waals surface area (Å²) in [5.74, 6) is -0.475. The van der Waals surface area contributed by atoms with Gasteiger partial charge in [-0.3, -0.25) is 0 Å². The Bertz CT molecular complexity index is 322. The van der Waals surface area contributed by atoms with Gasteiger partial charge in [0.25, 0.3) is 0 Å². The zero-order valence-electron chi connectivity index (χ0n) is 8.28. The molecule has 1 aromatic carbocycles. The minimum Gasteiger partial charge on any atom is -0.391 e. The minimum absolute atomic E-state index is 0. The van der Waals surface area contributed by atoms with Crippen molar-refractivity contribution in [2.75, 3.05) is 0 Å². The van der Waals surface area contributed by atoms with Gasteiger partial charge >= 0.3 is 0 Å². The van der Waals surface area contributed by atoms with Crippen LogP contribution in [-0.2, 0) is 0 Å². The second kappa shape index (κ2) is 6.28. The number of benzene rings is 1. The lowest BCUT2D eigenvalue weighted by atomic mass is 10.0. The van der Waals surface area contributed by atoms with Crippen molar-refractivity contribution in [3.63, 3.8) is 0 Å². The van der Waals surface area contributed by atoms with Gasteiger partial charge in [-0.2, -0.15) is 0 Å². The summed E-state index contributed by atoms with van der Waals surface area (Å²) in [7, 11) is 0. The molecule has 0 saturated carbocycles. The van der Waals surface area contributed by atoms with E-state index in [9.17, 15) is 9.50 Å². The van der Waals surface area contributed by atoms with E-state index in [0.717, 1.165) is 0 Å². The van der Waals surface area contributed by atoms with Crippen molar-refractivity contribution in [1.82, 2.24) is 0 Å². The molecule has 0 radical (unpaired) electrons. The molecule has 5 heteroatoms. The third-order valence-electron chi connectivity index (χ3n) is 2.15. The van der Waals surface area contributed by atoms with Crippen LogP contribution in [0.2, 0.25) is 5.02 Å². The van der Waals surface area contributed by atoms with Crippen LogP contribution >= 0.6 is 24.0 Å². The number of hydrogen-bond donors (Lipinski definition) is 2. The molecule has 0 aliphatic rings. The summed E-state index contributed by atoms with van der Waals surface area (Å²) in [6.45, 7) is 1.79. The van der Waals surface area contributed by atoms with E-state index in [1.165, 1.54) is 12.1 Å². The maximum Gasteiger partial charge on any atom is 0.129 e. The molecule has 0 aliphatic heterocycles. The van der Waals surface area contributed by atoms with E-state index in [-0.39, 0.29) is 12.4 Å². The Morgan fingerprint density at radius 3 is 2.60 bits per heavy atom. The highest BCUT2D eigenvalue weighted by Crippen LogP contribution is 2.22. The summed E-state index contributed by atoms with van der Waals surface area (Å²) < 4.78 is 13.3. The lowest BCUT2D eigenvalue weighted by Gasteiger charge is -2.18. The number of rotatable bonds is 3. The summed E-state index contributed by atoms with van der Waals surface area (Å²) in [5.41, 5.74) is 5.96.